The van der Waals surface area contributed by atoms with Crippen molar-refractivity contribution in [1.29, 1.82) is 0 Å². The molecule has 4 rings (SSSR count). The van der Waals surface area contributed by atoms with Crippen LogP contribution in [0.3, 0.4) is 0 Å². The molecule has 0 radical (unpaired) electrons. The second-order valence-corrected chi connectivity index (χ2v) is 11.5. The SMILES string of the molecule is CC(CO)[C@H]1CC[C@@H](C)[C@H]2[C@@H]3CC[C@@H]4C[C@](C)(O)CC[C@@H]4[C@H]3CC[C@@]21C. The van der Waals surface area contributed by atoms with Crippen molar-refractivity contribution in [2.24, 2.45) is 52.8 Å². The van der Waals surface area contributed by atoms with Gasteiger partial charge in [-0.3, -0.25) is 0 Å². The predicted molar refractivity (Wildman–Crippen MR) is 107 cm³/mol. The fourth-order valence-corrected chi connectivity index (χ4v) is 8.87. The number of rotatable bonds is 2. The Bertz CT molecular complexity index is 514. The van der Waals surface area contributed by atoms with Gasteiger partial charge in [-0.1, -0.05) is 27.2 Å². The molecule has 1 unspecified atom stereocenters. The summed E-state index contributed by atoms with van der Waals surface area (Å²) in [4.78, 5) is 0. The van der Waals surface area contributed by atoms with E-state index >= 15 is 0 Å². The number of hydrogen-bond acceptors (Lipinski definition) is 2. The minimum atomic E-state index is -0.406. The maximum Gasteiger partial charge on any atom is 0.0622 e. The van der Waals surface area contributed by atoms with Gasteiger partial charge in [-0.25, -0.2) is 0 Å². The summed E-state index contributed by atoms with van der Waals surface area (Å²) in [6.45, 7) is 9.84. The van der Waals surface area contributed by atoms with Crippen LogP contribution in [0.1, 0.15) is 85.5 Å². The number of aliphatic hydroxyl groups is 2. The Morgan fingerprint density at radius 2 is 1.65 bits per heavy atom. The highest BCUT2D eigenvalue weighted by Gasteiger charge is 2.58. The molecule has 10 atom stereocenters. The molecule has 0 aromatic heterocycles. The molecule has 0 amide bonds. The zero-order valence-electron chi connectivity index (χ0n) is 17.6. The van der Waals surface area contributed by atoms with Gasteiger partial charge in [0.1, 0.15) is 0 Å². The molecule has 26 heavy (non-hydrogen) atoms. The highest BCUT2D eigenvalue weighted by atomic mass is 16.3. The third-order valence-electron chi connectivity index (χ3n) is 9.90. The third kappa shape index (κ3) is 2.98. The summed E-state index contributed by atoms with van der Waals surface area (Å²) >= 11 is 0. The fraction of sp³-hybridized carbons (Fsp3) is 1.00. The minimum Gasteiger partial charge on any atom is -0.396 e. The quantitative estimate of drug-likeness (QED) is 0.702. The van der Waals surface area contributed by atoms with E-state index in [1.54, 1.807) is 0 Å². The van der Waals surface area contributed by atoms with Crippen LogP contribution in [0.4, 0.5) is 0 Å². The van der Waals surface area contributed by atoms with E-state index in [9.17, 15) is 10.2 Å². The lowest BCUT2D eigenvalue weighted by Crippen LogP contribution is -2.56. The molecule has 4 saturated carbocycles. The Kier molecular flexibility index (Phi) is 5.01. The van der Waals surface area contributed by atoms with E-state index in [0.29, 0.717) is 23.9 Å². The van der Waals surface area contributed by atoms with E-state index < -0.39 is 5.60 Å². The van der Waals surface area contributed by atoms with Crippen LogP contribution in [0, 0.1) is 52.8 Å². The lowest BCUT2D eigenvalue weighted by molar-refractivity contribution is -0.152. The molecule has 2 nitrogen and oxygen atoms in total. The predicted octanol–water partition coefficient (Wildman–Crippen LogP) is 5.27. The average molecular weight is 363 g/mol. The molecule has 0 aromatic rings. The highest BCUT2D eigenvalue weighted by Crippen LogP contribution is 2.65. The molecule has 2 heteroatoms. The fourth-order valence-electron chi connectivity index (χ4n) is 8.87. The van der Waals surface area contributed by atoms with Crippen LogP contribution < -0.4 is 0 Å². The van der Waals surface area contributed by atoms with Crippen molar-refractivity contribution in [1.82, 2.24) is 0 Å². The van der Waals surface area contributed by atoms with Gasteiger partial charge in [0.05, 0.1) is 5.60 Å². The summed E-state index contributed by atoms with van der Waals surface area (Å²) in [5, 5.41) is 20.4. The van der Waals surface area contributed by atoms with Crippen molar-refractivity contribution < 1.29 is 10.2 Å². The van der Waals surface area contributed by atoms with E-state index in [1.807, 2.05) is 0 Å². The topological polar surface area (TPSA) is 40.5 Å². The molecule has 4 aliphatic rings. The van der Waals surface area contributed by atoms with Crippen molar-refractivity contribution in [3.8, 4) is 0 Å². The van der Waals surface area contributed by atoms with Crippen molar-refractivity contribution >= 4 is 0 Å². The molecule has 4 aliphatic carbocycles. The summed E-state index contributed by atoms with van der Waals surface area (Å²) in [5.41, 5.74) is 0.0327. The van der Waals surface area contributed by atoms with Crippen molar-refractivity contribution in [2.75, 3.05) is 6.61 Å². The van der Waals surface area contributed by atoms with Crippen LogP contribution in [0.2, 0.25) is 0 Å². The largest absolute Gasteiger partial charge is 0.396 e. The smallest absolute Gasteiger partial charge is 0.0622 e. The zero-order valence-corrected chi connectivity index (χ0v) is 17.6. The summed E-state index contributed by atoms with van der Waals surface area (Å²) in [6, 6.07) is 0. The Labute approximate surface area is 161 Å². The van der Waals surface area contributed by atoms with E-state index in [1.165, 1.54) is 44.9 Å². The van der Waals surface area contributed by atoms with Gasteiger partial charge in [0.15, 0.2) is 0 Å². The highest BCUT2D eigenvalue weighted by molar-refractivity contribution is 5.07. The first-order valence-corrected chi connectivity index (χ1v) is 11.6. The van der Waals surface area contributed by atoms with Gasteiger partial charge >= 0.3 is 0 Å². The van der Waals surface area contributed by atoms with E-state index in [0.717, 1.165) is 48.3 Å². The molecule has 0 saturated heterocycles. The van der Waals surface area contributed by atoms with Crippen LogP contribution in [0.25, 0.3) is 0 Å². The molecule has 0 heterocycles. The molecule has 0 aromatic carbocycles. The standard InChI is InChI=1S/C24H42O2/c1-15-5-8-21(16(2)14-25)24(4)12-10-19-18-9-11-23(3,26)13-17(18)6-7-20(19)22(15)24/h15-22,25-26H,5-14H2,1-4H3/t15-,16?,17-,18+,19-,20-,21-,22+,23-,24-/m1/s1. The van der Waals surface area contributed by atoms with Gasteiger partial charge in [-0.05, 0) is 111 Å². The van der Waals surface area contributed by atoms with Crippen LogP contribution in [0.15, 0.2) is 0 Å². The van der Waals surface area contributed by atoms with Crippen LogP contribution in [0.5, 0.6) is 0 Å². The summed E-state index contributed by atoms with van der Waals surface area (Å²) in [6.07, 6.45) is 11.5. The van der Waals surface area contributed by atoms with Crippen LogP contribution in [-0.2, 0) is 0 Å². The Morgan fingerprint density at radius 3 is 2.38 bits per heavy atom. The second-order valence-electron chi connectivity index (χ2n) is 11.5. The summed E-state index contributed by atoms with van der Waals surface area (Å²) < 4.78 is 0. The van der Waals surface area contributed by atoms with Gasteiger partial charge < -0.3 is 10.2 Å². The Balaban J connectivity index is 1.59. The molecule has 0 bridgehead atoms. The van der Waals surface area contributed by atoms with Crippen molar-refractivity contribution in [3.05, 3.63) is 0 Å². The molecule has 4 fully saturated rings. The zero-order chi connectivity index (χ0) is 18.7. The third-order valence-corrected chi connectivity index (χ3v) is 9.90. The average Bonchev–Trinajstić information content (AvgIpc) is 2.59. The minimum absolute atomic E-state index is 0.356. The number of fused-ring (bicyclic) bond motifs is 5. The lowest BCUT2D eigenvalue weighted by Gasteiger charge is -2.63. The van der Waals surface area contributed by atoms with Gasteiger partial charge in [0.25, 0.3) is 0 Å². The maximum absolute atomic E-state index is 10.6. The number of aliphatic hydroxyl groups excluding tert-OH is 1. The molecule has 0 aliphatic heterocycles. The summed E-state index contributed by atoms with van der Waals surface area (Å²) in [5.74, 6) is 6.33. The molecule has 2 N–H and O–H groups in total. The molecular formula is C24H42O2. The van der Waals surface area contributed by atoms with Gasteiger partial charge in [-0.2, -0.15) is 0 Å². The van der Waals surface area contributed by atoms with Crippen molar-refractivity contribution in [3.63, 3.8) is 0 Å². The van der Waals surface area contributed by atoms with Crippen molar-refractivity contribution in [2.45, 2.75) is 91.1 Å². The normalized spacial score (nSPS) is 55.4. The van der Waals surface area contributed by atoms with Gasteiger partial charge in [0.2, 0.25) is 0 Å². The van der Waals surface area contributed by atoms with E-state index in [4.69, 9.17) is 0 Å². The second kappa shape index (κ2) is 6.76. The maximum atomic E-state index is 10.6. The molecular weight excluding hydrogens is 320 g/mol. The first-order valence-electron chi connectivity index (χ1n) is 11.6. The first-order chi connectivity index (χ1) is 12.3. The van der Waals surface area contributed by atoms with Crippen LogP contribution in [-0.4, -0.2) is 22.4 Å². The molecule has 150 valence electrons. The first kappa shape index (κ1) is 19.2. The van der Waals surface area contributed by atoms with Crippen LogP contribution >= 0.6 is 0 Å². The van der Waals surface area contributed by atoms with Gasteiger partial charge in [0, 0.05) is 6.61 Å². The van der Waals surface area contributed by atoms with Gasteiger partial charge in [-0.15, -0.1) is 0 Å². The lowest BCUT2D eigenvalue weighted by atomic mass is 9.42. The van der Waals surface area contributed by atoms with E-state index in [2.05, 4.69) is 27.7 Å². The summed E-state index contributed by atoms with van der Waals surface area (Å²) in [7, 11) is 0. The number of hydrogen-bond donors (Lipinski definition) is 2. The monoisotopic (exact) mass is 362 g/mol. The van der Waals surface area contributed by atoms with E-state index in [-0.39, 0.29) is 0 Å². The molecule has 0 spiro atoms. The Morgan fingerprint density at radius 1 is 0.923 bits per heavy atom. The Hall–Kier alpha value is -0.0800.